The molecule has 7 heteroatoms. The predicted octanol–water partition coefficient (Wildman–Crippen LogP) is 1.20. The average molecular weight is 249 g/mol. The predicted molar refractivity (Wildman–Crippen MR) is 51.7 cm³/mol. The molecule has 0 aliphatic heterocycles. The molecule has 0 amide bonds. The molecule has 1 unspecified atom stereocenters. The minimum absolute atomic E-state index is 0.383. The highest BCUT2D eigenvalue weighted by atomic mass is 19.1. The number of halogens is 3. The third kappa shape index (κ3) is 3.72. The fourth-order valence-electron chi connectivity index (χ4n) is 1.26. The van der Waals surface area contributed by atoms with Crippen LogP contribution in [-0.2, 0) is 9.53 Å². The smallest absolute Gasteiger partial charge is 0.329 e. The van der Waals surface area contributed by atoms with Gasteiger partial charge in [-0.2, -0.15) is 0 Å². The Hall–Kier alpha value is -1.60. The van der Waals surface area contributed by atoms with Crippen molar-refractivity contribution < 1.29 is 27.8 Å². The summed E-state index contributed by atoms with van der Waals surface area (Å²) in [6.07, 6.45) is 0. The lowest BCUT2D eigenvalue weighted by Crippen LogP contribution is -2.22. The topological polar surface area (TPSA) is 72.5 Å². The SMILES string of the molecule is NC(COCC(=O)O)c1c(F)cc(F)cc1F. The Morgan fingerprint density at radius 2 is 1.88 bits per heavy atom. The number of benzene rings is 1. The maximum Gasteiger partial charge on any atom is 0.329 e. The Labute approximate surface area is 94.8 Å². The molecule has 0 bridgehead atoms. The zero-order valence-corrected chi connectivity index (χ0v) is 8.62. The van der Waals surface area contributed by atoms with E-state index in [-0.39, 0.29) is 6.61 Å². The number of hydrogen-bond acceptors (Lipinski definition) is 3. The number of rotatable bonds is 5. The number of aliphatic carboxylic acids is 1. The highest BCUT2D eigenvalue weighted by molar-refractivity contribution is 5.67. The Kier molecular flexibility index (Phi) is 4.47. The lowest BCUT2D eigenvalue weighted by atomic mass is 10.1. The molecule has 0 saturated heterocycles. The molecule has 3 N–H and O–H groups in total. The van der Waals surface area contributed by atoms with Crippen molar-refractivity contribution in [1.82, 2.24) is 0 Å². The first kappa shape index (κ1) is 13.5. The molecule has 0 radical (unpaired) electrons. The van der Waals surface area contributed by atoms with Gasteiger partial charge in [-0.1, -0.05) is 0 Å². The van der Waals surface area contributed by atoms with Crippen LogP contribution in [0, 0.1) is 17.5 Å². The zero-order chi connectivity index (χ0) is 13.0. The quantitative estimate of drug-likeness (QED) is 0.822. The molecule has 1 aromatic carbocycles. The molecular formula is C10H10F3NO3. The van der Waals surface area contributed by atoms with Crippen molar-refractivity contribution in [2.45, 2.75) is 6.04 Å². The average Bonchev–Trinajstić information content (AvgIpc) is 2.14. The fraction of sp³-hybridized carbons (Fsp3) is 0.300. The van der Waals surface area contributed by atoms with Crippen molar-refractivity contribution in [1.29, 1.82) is 0 Å². The largest absolute Gasteiger partial charge is 0.480 e. The van der Waals surface area contributed by atoms with E-state index < -0.39 is 41.6 Å². The lowest BCUT2D eigenvalue weighted by molar-refractivity contribution is -0.142. The molecule has 94 valence electrons. The van der Waals surface area contributed by atoms with Crippen LogP contribution in [0.3, 0.4) is 0 Å². The first-order valence-corrected chi connectivity index (χ1v) is 4.61. The van der Waals surface area contributed by atoms with E-state index in [9.17, 15) is 18.0 Å². The van der Waals surface area contributed by atoms with Gasteiger partial charge in [0.15, 0.2) is 0 Å². The van der Waals surface area contributed by atoms with E-state index in [0.717, 1.165) is 0 Å². The van der Waals surface area contributed by atoms with Gasteiger partial charge >= 0.3 is 5.97 Å². The lowest BCUT2D eigenvalue weighted by Gasteiger charge is -2.13. The van der Waals surface area contributed by atoms with Gasteiger partial charge in [-0.15, -0.1) is 0 Å². The molecule has 4 nitrogen and oxygen atoms in total. The number of ether oxygens (including phenoxy) is 1. The van der Waals surface area contributed by atoms with Crippen molar-refractivity contribution in [3.05, 3.63) is 35.1 Å². The summed E-state index contributed by atoms with van der Waals surface area (Å²) in [5, 5.41) is 8.28. The molecular weight excluding hydrogens is 239 g/mol. The summed E-state index contributed by atoms with van der Waals surface area (Å²) in [4.78, 5) is 10.1. The van der Waals surface area contributed by atoms with Gasteiger partial charge in [-0.25, -0.2) is 18.0 Å². The summed E-state index contributed by atoms with van der Waals surface area (Å²) in [5.41, 5.74) is 4.88. The molecule has 17 heavy (non-hydrogen) atoms. The van der Waals surface area contributed by atoms with Crippen molar-refractivity contribution in [3.8, 4) is 0 Å². The Morgan fingerprint density at radius 3 is 2.35 bits per heavy atom. The van der Waals surface area contributed by atoms with E-state index in [1.165, 1.54) is 0 Å². The van der Waals surface area contributed by atoms with Gasteiger partial charge in [-0.05, 0) is 0 Å². The molecule has 0 fully saturated rings. The highest BCUT2D eigenvalue weighted by Crippen LogP contribution is 2.20. The van der Waals surface area contributed by atoms with Gasteiger partial charge < -0.3 is 15.6 Å². The summed E-state index contributed by atoms with van der Waals surface area (Å²) in [7, 11) is 0. The summed E-state index contributed by atoms with van der Waals surface area (Å²) < 4.78 is 43.6. The summed E-state index contributed by atoms with van der Waals surface area (Å²) in [6, 6.07) is -0.208. The maximum absolute atomic E-state index is 13.2. The van der Waals surface area contributed by atoms with Crippen LogP contribution in [-0.4, -0.2) is 24.3 Å². The van der Waals surface area contributed by atoms with Gasteiger partial charge in [0.1, 0.15) is 24.1 Å². The third-order valence-electron chi connectivity index (χ3n) is 1.94. The third-order valence-corrected chi connectivity index (χ3v) is 1.94. The van der Waals surface area contributed by atoms with E-state index in [2.05, 4.69) is 4.74 Å². The van der Waals surface area contributed by atoms with Gasteiger partial charge in [0.2, 0.25) is 0 Å². The second kappa shape index (κ2) is 5.65. The molecule has 0 heterocycles. The number of carboxylic acids is 1. The van der Waals surface area contributed by atoms with Crippen LogP contribution in [0.2, 0.25) is 0 Å². The van der Waals surface area contributed by atoms with E-state index in [1.807, 2.05) is 0 Å². The van der Waals surface area contributed by atoms with E-state index in [1.54, 1.807) is 0 Å². The minimum Gasteiger partial charge on any atom is -0.480 e. The van der Waals surface area contributed by atoms with Crippen LogP contribution in [0.1, 0.15) is 11.6 Å². The number of carbonyl (C=O) groups is 1. The number of carboxylic acid groups (broad SMARTS) is 1. The number of hydrogen-bond donors (Lipinski definition) is 2. The molecule has 0 aromatic heterocycles. The standard InChI is InChI=1S/C10H10F3NO3/c11-5-1-6(12)10(7(13)2-5)8(14)3-17-4-9(15)16/h1-2,8H,3-4,14H2,(H,15,16). The monoisotopic (exact) mass is 249 g/mol. The van der Waals surface area contributed by atoms with Crippen molar-refractivity contribution in [2.24, 2.45) is 5.73 Å². The van der Waals surface area contributed by atoms with Crippen LogP contribution in [0.15, 0.2) is 12.1 Å². The van der Waals surface area contributed by atoms with Crippen molar-refractivity contribution >= 4 is 5.97 Å². The molecule has 0 aliphatic rings. The van der Waals surface area contributed by atoms with Gasteiger partial charge in [0, 0.05) is 17.7 Å². The van der Waals surface area contributed by atoms with Crippen LogP contribution in [0.25, 0.3) is 0 Å². The molecule has 1 aromatic rings. The summed E-state index contributed by atoms with van der Waals surface area (Å²) >= 11 is 0. The second-order valence-corrected chi connectivity index (χ2v) is 3.30. The molecule has 0 saturated carbocycles. The van der Waals surface area contributed by atoms with Crippen molar-refractivity contribution in [2.75, 3.05) is 13.2 Å². The van der Waals surface area contributed by atoms with Crippen LogP contribution in [0.4, 0.5) is 13.2 Å². The molecule has 0 spiro atoms. The summed E-state index contributed by atoms with van der Waals surface area (Å²) in [5.74, 6) is -4.54. The number of nitrogens with two attached hydrogens (primary N) is 1. The molecule has 1 rings (SSSR count). The normalized spacial score (nSPS) is 12.5. The Morgan fingerprint density at radius 1 is 1.35 bits per heavy atom. The van der Waals surface area contributed by atoms with Crippen LogP contribution in [0.5, 0.6) is 0 Å². The second-order valence-electron chi connectivity index (χ2n) is 3.30. The van der Waals surface area contributed by atoms with Crippen LogP contribution < -0.4 is 5.73 Å². The minimum atomic E-state index is -1.22. The molecule has 1 atom stereocenters. The first-order valence-electron chi connectivity index (χ1n) is 4.61. The zero-order valence-electron chi connectivity index (χ0n) is 8.62. The van der Waals surface area contributed by atoms with Gasteiger partial charge in [0.25, 0.3) is 0 Å². The van der Waals surface area contributed by atoms with Gasteiger partial charge in [0.05, 0.1) is 12.6 Å². The van der Waals surface area contributed by atoms with Crippen molar-refractivity contribution in [3.63, 3.8) is 0 Å². The van der Waals surface area contributed by atoms with Gasteiger partial charge in [-0.3, -0.25) is 0 Å². The van der Waals surface area contributed by atoms with E-state index in [0.29, 0.717) is 12.1 Å². The summed E-state index contributed by atoms with van der Waals surface area (Å²) in [6.45, 7) is -1.01. The fourth-order valence-corrected chi connectivity index (χ4v) is 1.26. The van der Waals surface area contributed by atoms with Crippen LogP contribution >= 0.6 is 0 Å². The first-order chi connectivity index (χ1) is 7.91. The van der Waals surface area contributed by atoms with E-state index in [4.69, 9.17) is 10.8 Å². The highest BCUT2D eigenvalue weighted by Gasteiger charge is 2.18. The Balaban J connectivity index is 2.75. The van der Waals surface area contributed by atoms with E-state index >= 15 is 0 Å². The Bertz CT molecular complexity index is 402. The maximum atomic E-state index is 13.2. The molecule has 0 aliphatic carbocycles.